The SMILES string of the molecule is CCOC(C)COCC(C)OC(=O)C(C)(C)C. The van der Waals surface area contributed by atoms with Gasteiger partial charge in [0.2, 0.25) is 0 Å². The Balaban J connectivity index is 3.73. The first-order valence-corrected chi connectivity index (χ1v) is 6.17. The highest BCUT2D eigenvalue weighted by atomic mass is 16.6. The summed E-state index contributed by atoms with van der Waals surface area (Å²) < 4.78 is 16.0. The monoisotopic (exact) mass is 246 g/mol. The Kier molecular flexibility index (Phi) is 7.39. The average Bonchev–Trinajstić information content (AvgIpc) is 2.16. The molecule has 0 aliphatic rings. The van der Waals surface area contributed by atoms with Crippen LogP contribution in [0.4, 0.5) is 0 Å². The van der Waals surface area contributed by atoms with Crippen LogP contribution < -0.4 is 0 Å². The molecule has 0 aromatic heterocycles. The highest BCUT2D eigenvalue weighted by Gasteiger charge is 2.24. The fraction of sp³-hybridized carbons (Fsp3) is 0.923. The molecule has 0 radical (unpaired) electrons. The van der Waals surface area contributed by atoms with Crippen molar-refractivity contribution in [3.05, 3.63) is 0 Å². The van der Waals surface area contributed by atoms with Crippen LogP contribution in [0.3, 0.4) is 0 Å². The predicted octanol–water partition coefficient (Wildman–Crippen LogP) is 2.41. The predicted molar refractivity (Wildman–Crippen MR) is 66.9 cm³/mol. The van der Waals surface area contributed by atoms with E-state index in [1.165, 1.54) is 0 Å². The van der Waals surface area contributed by atoms with Crippen LogP contribution in [-0.2, 0) is 19.0 Å². The van der Waals surface area contributed by atoms with E-state index in [-0.39, 0.29) is 18.2 Å². The van der Waals surface area contributed by atoms with Crippen molar-refractivity contribution in [2.75, 3.05) is 19.8 Å². The molecular weight excluding hydrogens is 220 g/mol. The summed E-state index contributed by atoms with van der Waals surface area (Å²) in [6.07, 6.45) is -0.152. The van der Waals surface area contributed by atoms with Crippen LogP contribution in [0.2, 0.25) is 0 Å². The number of carbonyl (C=O) groups excluding carboxylic acids is 1. The van der Waals surface area contributed by atoms with Crippen LogP contribution in [0.15, 0.2) is 0 Å². The average molecular weight is 246 g/mol. The van der Waals surface area contributed by atoms with Gasteiger partial charge >= 0.3 is 5.97 Å². The molecule has 0 bridgehead atoms. The van der Waals surface area contributed by atoms with Gasteiger partial charge in [0, 0.05) is 6.61 Å². The molecule has 0 rings (SSSR count). The topological polar surface area (TPSA) is 44.8 Å². The lowest BCUT2D eigenvalue weighted by molar-refractivity contribution is -0.161. The summed E-state index contributed by atoms with van der Waals surface area (Å²) >= 11 is 0. The normalized spacial score (nSPS) is 15.4. The van der Waals surface area contributed by atoms with Crippen LogP contribution in [0.1, 0.15) is 41.5 Å². The quantitative estimate of drug-likeness (QED) is 0.647. The van der Waals surface area contributed by atoms with Crippen molar-refractivity contribution in [2.24, 2.45) is 5.41 Å². The fourth-order valence-corrected chi connectivity index (χ4v) is 1.13. The molecule has 2 unspecified atom stereocenters. The molecule has 0 saturated carbocycles. The lowest BCUT2D eigenvalue weighted by Gasteiger charge is -2.21. The van der Waals surface area contributed by atoms with Crippen molar-refractivity contribution in [3.63, 3.8) is 0 Å². The van der Waals surface area contributed by atoms with Gasteiger partial charge in [-0.15, -0.1) is 0 Å². The maximum atomic E-state index is 11.6. The van der Waals surface area contributed by atoms with Gasteiger partial charge in [0.1, 0.15) is 6.10 Å². The zero-order chi connectivity index (χ0) is 13.5. The summed E-state index contributed by atoms with van der Waals surface area (Å²) in [6, 6.07) is 0. The molecule has 0 spiro atoms. The fourth-order valence-electron chi connectivity index (χ4n) is 1.13. The van der Waals surface area contributed by atoms with E-state index in [1.54, 1.807) is 0 Å². The van der Waals surface area contributed by atoms with Gasteiger partial charge in [-0.1, -0.05) is 0 Å². The van der Waals surface area contributed by atoms with Crippen molar-refractivity contribution in [2.45, 2.75) is 53.8 Å². The third-order valence-electron chi connectivity index (χ3n) is 2.08. The molecule has 0 aliphatic carbocycles. The van der Waals surface area contributed by atoms with E-state index in [9.17, 15) is 4.79 Å². The number of hydrogen-bond acceptors (Lipinski definition) is 4. The molecule has 0 amide bonds. The third-order valence-corrected chi connectivity index (χ3v) is 2.08. The van der Waals surface area contributed by atoms with Crippen molar-refractivity contribution >= 4 is 5.97 Å². The van der Waals surface area contributed by atoms with Crippen LogP contribution in [0.5, 0.6) is 0 Å². The van der Waals surface area contributed by atoms with E-state index in [4.69, 9.17) is 14.2 Å². The molecule has 0 N–H and O–H groups in total. The number of esters is 1. The second-order valence-corrected chi connectivity index (χ2v) is 5.27. The summed E-state index contributed by atoms with van der Waals surface area (Å²) in [5.41, 5.74) is -0.465. The van der Waals surface area contributed by atoms with E-state index in [2.05, 4.69) is 0 Å². The molecule has 0 aromatic rings. The number of ether oxygens (including phenoxy) is 3. The minimum atomic E-state index is -0.465. The summed E-state index contributed by atoms with van der Waals surface area (Å²) in [5.74, 6) is -0.202. The molecule has 0 aliphatic heterocycles. The van der Waals surface area contributed by atoms with Gasteiger partial charge in [0.05, 0.1) is 24.7 Å². The molecular formula is C13H26O4. The van der Waals surface area contributed by atoms with E-state index >= 15 is 0 Å². The first kappa shape index (κ1) is 16.4. The van der Waals surface area contributed by atoms with Gasteiger partial charge in [-0.3, -0.25) is 4.79 Å². The van der Waals surface area contributed by atoms with Crippen molar-refractivity contribution < 1.29 is 19.0 Å². The van der Waals surface area contributed by atoms with Crippen molar-refractivity contribution in [1.82, 2.24) is 0 Å². The van der Waals surface area contributed by atoms with E-state index in [0.29, 0.717) is 19.8 Å². The van der Waals surface area contributed by atoms with Gasteiger partial charge in [0.15, 0.2) is 0 Å². The minimum Gasteiger partial charge on any atom is -0.460 e. The third kappa shape index (κ3) is 8.16. The van der Waals surface area contributed by atoms with Gasteiger partial charge in [-0.25, -0.2) is 0 Å². The first-order chi connectivity index (χ1) is 7.77. The molecule has 4 nitrogen and oxygen atoms in total. The van der Waals surface area contributed by atoms with Crippen LogP contribution in [0.25, 0.3) is 0 Å². The molecule has 2 atom stereocenters. The molecule has 4 heteroatoms. The first-order valence-electron chi connectivity index (χ1n) is 6.17. The van der Waals surface area contributed by atoms with Crippen molar-refractivity contribution in [1.29, 1.82) is 0 Å². The Bertz CT molecular complexity index is 220. The molecule has 102 valence electrons. The largest absolute Gasteiger partial charge is 0.460 e. The maximum absolute atomic E-state index is 11.6. The van der Waals surface area contributed by atoms with E-state index < -0.39 is 5.41 Å². The maximum Gasteiger partial charge on any atom is 0.311 e. The molecule has 17 heavy (non-hydrogen) atoms. The lowest BCUT2D eigenvalue weighted by Crippen LogP contribution is -2.30. The number of hydrogen-bond donors (Lipinski definition) is 0. The zero-order valence-corrected chi connectivity index (χ0v) is 11.9. The Morgan fingerprint density at radius 2 is 1.65 bits per heavy atom. The summed E-state index contributed by atoms with van der Waals surface area (Å²) in [4.78, 5) is 11.6. The standard InChI is InChI=1S/C13H26O4/c1-7-16-10(2)8-15-9-11(3)17-12(14)13(4,5)6/h10-11H,7-9H2,1-6H3. The van der Waals surface area contributed by atoms with Crippen molar-refractivity contribution in [3.8, 4) is 0 Å². The highest BCUT2D eigenvalue weighted by molar-refractivity contribution is 5.75. The van der Waals surface area contributed by atoms with E-state index in [0.717, 1.165) is 0 Å². The second-order valence-electron chi connectivity index (χ2n) is 5.27. The van der Waals surface area contributed by atoms with Crippen LogP contribution >= 0.6 is 0 Å². The molecule has 0 saturated heterocycles. The van der Waals surface area contributed by atoms with Crippen LogP contribution in [-0.4, -0.2) is 38.0 Å². The van der Waals surface area contributed by atoms with E-state index in [1.807, 2.05) is 41.5 Å². The Morgan fingerprint density at radius 3 is 2.12 bits per heavy atom. The smallest absolute Gasteiger partial charge is 0.311 e. The number of carbonyl (C=O) groups is 1. The lowest BCUT2D eigenvalue weighted by atomic mass is 9.97. The second kappa shape index (κ2) is 7.67. The van der Waals surface area contributed by atoms with Crippen LogP contribution in [0, 0.1) is 5.41 Å². The van der Waals surface area contributed by atoms with Gasteiger partial charge < -0.3 is 14.2 Å². The Morgan fingerprint density at radius 1 is 1.12 bits per heavy atom. The number of rotatable bonds is 7. The Labute approximate surface area is 105 Å². The van der Waals surface area contributed by atoms with Gasteiger partial charge in [0.25, 0.3) is 0 Å². The zero-order valence-electron chi connectivity index (χ0n) is 11.9. The summed E-state index contributed by atoms with van der Waals surface area (Å²) in [6.45, 7) is 12.8. The minimum absolute atomic E-state index is 0.0746. The highest BCUT2D eigenvalue weighted by Crippen LogP contribution is 2.16. The van der Waals surface area contributed by atoms with Gasteiger partial charge in [-0.05, 0) is 41.5 Å². The molecule has 0 aromatic carbocycles. The summed E-state index contributed by atoms with van der Waals surface area (Å²) in [5, 5.41) is 0. The Hall–Kier alpha value is -0.610. The molecule has 0 fully saturated rings. The molecule has 0 heterocycles. The van der Waals surface area contributed by atoms with Gasteiger partial charge in [-0.2, -0.15) is 0 Å². The summed E-state index contributed by atoms with van der Waals surface area (Å²) in [7, 11) is 0.